The topological polar surface area (TPSA) is 136 Å². The fraction of sp³-hybridized carbons (Fsp3) is 0.840. The average molecular weight is 487 g/mol. The van der Waals surface area contributed by atoms with Gasteiger partial charge in [-0.3, -0.25) is 4.79 Å². The molecule has 1 heterocycles. The largest absolute Gasteiger partial charge is 1.00 e. The number of hydrogen-bond donors (Lipinski definition) is 3. The summed E-state index contributed by atoms with van der Waals surface area (Å²) in [6, 6.07) is 0. The molecule has 1 aliphatic heterocycles. The van der Waals surface area contributed by atoms with Gasteiger partial charge in [-0.2, -0.15) is 0 Å². The molecule has 1 saturated heterocycles. The normalized spacial score (nSPS) is 50.3. The number of aliphatic carboxylic acids is 1. The molecule has 3 N–H and O–H groups in total. The third-order valence-corrected chi connectivity index (χ3v) is 9.98. The van der Waals surface area contributed by atoms with E-state index in [9.17, 15) is 30.0 Å². The van der Waals surface area contributed by atoms with Gasteiger partial charge in [-0.05, 0) is 79.6 Å². The molecule has 0 amide bonds. The Labute approximate surface area is 222 Å². The van der Waals surface area contributed by atoms with Crippen LogP contribution in [0, 0.1) is 28.6 Å². The summed E-state index contributed by atoms with van der Waals surface area (Å²) in [6.07, 6.45) is 0.854. The maximum Gasteiger partial charge on any atom is 1.00 e. The Hall–Kier alpha value is -0.320. The van der Waals surface area contributed by atoms with Crippen molar-refractivity contribution in [2.75, 3.05) is 0 Å². The van der Waals surface area contributed by atoms with Crippen LogP contribution in [0.1, 0.15) is 65.2 Å². The Kier molecular flexibility index (Phi) is 7.49. The van der Waals surface area contributed by atoms with E-state index in [2.05, 4.69) is 13.8 Å². The summed E-state index contributed by atoms with van der Waals surface area (Å²) in [5.74, 6) is 0.115. The first-order valence-corrected chi connectivity index (χ1v) is 12.4. The zero-order chi connectivity index (χ0) is 23.7. The van der Waals surface area contributed by atoms with Crippen molar-refractivity contribution in [1.29, 1.82) is 0 Å². The van der Waals surface area contributed by atoms with Crippen LogP contribution in [0.25, 0.3) is 0 Å². The third-order valence-electron chi connectivity index (χ3n) is 9.98. The second-order valence-electron chi connectivity index (χ2n) is 11.4. The van der Waals surface area contributed by atoms with Gasteiger partial charge in [0.15, 0.2) is 12.1 Å². The van der Waals surface area contributed by atoms with E-state index in [-0.39, 0.29) is 52.3 Å². The number of carboxylic acids is 1. The van der Waals surface area contributed by atoms with Gasteiger partial charge in [-0.25, -0.2) is 0 Å². The Morgan fingerprint density at radius 2 is 1.76 bits per heavy atom. The van der Waals surface area contributed by atoms with Crippen LogP contribution in [0.3, 0.4) is 0 Å². The van der Waals surface area contributed by atoms with Crippen molar-refractivity contribution < 1.29 is 69.0 Å². The van der Waals surface area contributed by atoms with Gasteiger partial charge in [0.25, 0.3) is 0 Å². The van der Waals surface area contributed by atoms with E-state index in [0.717, 1.165) is 44.9 Å². The number of carbonyl (C=O) groups excluding carboxylic acids is 2. The maximum absolute atomic E-state index is 12.0. The number of carboxylic acid groups (broad SMARTS) is 1. The summed E-state index contributed by atoms with van der Waals surface area (Å²) in [4.78, 5) is 23.4. The molecule has 5 rings (SSSR count). The van der Waals surface area contributed by atoms with E-state index in [1.54, 1.807) is 0 Å². The van der Waals surface area contributed by atoms with Gasteiger partial charge in [0.05, 0.1) is 12.1 Å². The number of allylic oxidation sites excluding steroid dienone is 1. The minimum absolute atomic E-state index is 0. The number of ether oxygens (including phenoxy) is 2. The van der Waals surface area contributed by atoms with Crippen molar-refractivity contribution in [3.8, 4) is 0 Å². The Morgan fingerprint density at radius 1 is 1.03 bits per heavy atom. The van der Waals surface area contributed by atoms with Crippen LogP contribution in [0.5, 0.6) is 0 Å². The van der Waals surface area contributed by atoms with Crippen molar-refractivity contribution >= 4 is 11.8 Å². The molecular weight excluding hydrogens is 451 g/mol. The smallest absolute Gasteiger partial charge is 0.547 e. The molecule has 0 bridgehead atoms. The first-order chi connectivity index (χ1) is 15.6. The number of ketones is 1. The van der Waals surface area contributed by atoms with E-state index in [1.165, 1.54) is 5.57 Å². The molecule has 5 aliphatic rings. The number of carbonyl (C=O) groups is 2. The van der Waals surface area contributed by atoms with Crippen LogP contribution in [0.4, 0.5) is 0 Å². The van der Waals surface area contributed by atoms with Gasteiger partial charge >= 0.3 is 29.6 Å². The number of aliphatic hydroxyl groups excluding tert-OH is 3. The SMILES string of the molecule is CC12CCC(=O)C=C1CCC1C2CCC2(C)C1CC[C@@H]2O[C@H]1OC(C(=O)[O-])[C@H](O)[C@@H](O)[C@@H]1O.[Na+]. The summed E-state index contributed by atoms with van der Waals surface area (Å²) in [5, 5.41) is 41.8. The first kappa shape index (κ1) is 26.7. The predicted octanol–water partition coefficient (Wildman–Crippen LogP) is -2.53. The number of fused-ring (bicyclic) bond motifs is 5. The summed E-state index contributed by atoms with van der Waals surface area (Å²) in [7, 11) is 0. The fourth-order valence-corrected chi connectivity index (χ4v) is 8.05. The fourth-order valence-electron chi connectivity index (χ4n) is 8.05. The number of aliphatic hydroxyl groups is 3. The molecule has 4 aliphatic carbocycles. The minimum atomic E-state index is -1.78. The molecule has 184 valence electrons. The van der Waals surface area contributed by atoms with Gasteiger partial charge < -0.3 is 34.7 Å². The Balaban J connectivity index is 0.00000274. The van der Waals surface area contributed by atoms with E-state index in [0.29, 0.717) is 24.2 Å². The zero-order valence-electron chi connectivity index (χ0n) is 20.3. The zero-order valence-corrected chi connectivity index (χ0v) is 22.3. The van der Waals surface area contributed by atoms with Crippen molar-refractivity contribution in [2.24, 2.45) is 28.6 Å². The molecule has 11 atom stereocenters. The van der Waals surface area contributed by atoms with E-state index < -0.39 is 36.7 Å². The summed E-state index contributed by atoms with van der Waals surface area (Å²) < 4.78 is 11.5. The van der Waals surface area contributed by atoms with Gasteiger partial charge in [-0.15, -0.1) is 0 Å². The second kappa shape index (κ2) is 9.53. The van der Waals surface area contributed by atoms with E-state index in [4.69, 9.17) is 9.47 Å². The molecule has 8 nitrogen and oxygen atoms in total. The van der Waals surface area contributed by atoms with Crippen molar-refractivity contribution in [3.63, 3.8) is 0 Å². The van der Waals surface area contributed by atoms with Crippen LogP contribution in [0.15, 0.2) is 11.6 Å². The molecule has 6 unspecified atom stereocenters. The molecule has 4 fully saturated rings. The summed E-state index contributed by atoms with van der Waals surface area (Å²) in [6.45, 7) is 4.56. The third kappa shape index (κ3) is 4.06. The molecule has 0 aromatic carbocycles. The van der Waals surface area contributed by atoms with Crippen molar-refractivity contribution in [3.05, 3.63) is 11.6 Å². The monoisotopic (exact) mass is 486 g/mol. The minimum Gasteiger partial charge on any atom is -0.547 e. The quantitative estimate of drug-likeness (QED) is 0.372. The molecule has 0 radical (unpaired) electrons. The van der Waals surface area contributed by atoms with Gasteiger partial charge in [0.1, 0.15) is 24.4 Å². The number of rotatable bonds is 3. The molecule has 0 aromatic rings. The van der Waals surface area contributed by atoms with Crippen LogP contribution < -0.4 is 34.7 Å². The van der Waals surface area contributed by atoms with Crippen LogP contribution in [-0.4, -0.2) is 63.9 Å². The predicted molar refractivity (Wildman–Crippen MR) is 113 cm³/mol. The maximum atomic E-state index is 12.0. The average Bonchev–Trinajstić information content (AvgIpc) is 3.10. The van der Waals surface area contributed by atoms with E-state index in [1.807, 2.05) is 6.08 Å². The van der Waals surface area contributed by atoms with E-state index >= 15 is 0 Å². The van der Waals surface area contributed by atoms with Crippen molar-refractivity contribution in [1.82, 2.24) is 0 Å². The first-order valence-electron chi connectivity index (χ1n) is 12.4. The summed E-state index contributed by atoms with van der Waals surface area (Å²) >= 11 is 0. The van der Waals surface area contributed by atoms with Gasteiger partial charge in [0, 0.05) is 6.42 Å². The van der Waals surface area contributed by atoms with Crippen LogP contribution in [-0.2, 0) is 19.1 Å². The molecule has 9 heteroatoms. The van der Waals surface area contributed by atoms with Crippen molar-refractivity contribution in [2.45, 2.75) is 102 Å². The standard InChI is InChI=1S/C25H36O8.Na/c1-24-9-7-13(26)11-12(24)3-4-14-15-5-6-17(25(15,2)10-8-16(14)24)32-23-20(29)18(27)19(28)21(33-23)22(30)31;/h11,14-21,23,27-29H,3-10H2,1-2H3,(H,30,31);/q;+1/p-1/t14?,15?,16?,17-,18+,19+,20-,21?,23-,24?,25?;/m0./s1. The van der Waals surface area contributed by atoms with Gasteiger partial charge in [0.2, 0.25) is 0 Å². The second-order valence-corrected chi connectivity index (χ2v) is 11.4. The molecule has 3 saturated carbocycles. The molecular formula is C25H35NaO8. The van der Waals surface area contributed by atoms with Gasteiger partial charge in [-0.1, -0.05) is 19.4 Å². The molecule has 0 aromatic heterocycles. The summed E-state index contributed by atoms with van der Waals surface area (Å²) in [5.41, 5.74) is 1.26. The Morgan fingerprint density at radius 3 is 2.47 bits per heavy atom. The van der Waals surface area contributed by atoms with Crippen LogP contribution in [0.2, 0.25) is 0 Å². The molecule has 0 spiro atoms. The Bertz CT molecular complexity index is 862. The van der Waals surface area contributed by atoms with Crippen LogP contribution >= 0.6 is 0 Å². The number of hydrogen-bond acceptors (Lipinski definition) is 8. The molecule has 34 heavy (non-hydrogen) atoms.